The first-order valence-corrected chi connectivity index (χ1v) is 8.27. The lowest BCUT2D eigenvalue weighted by Gasteiger charge is -2.11. The van der Waals surface area contributed by atoms with E-state index in [2.05, 4.69) is 4.98 Å². The Labute approximate surface area is 145 Å². The second kappa shape index (κ2) is 7.49. The van der Waals surface area contributed by atoms with Gasteiger partial charge in [0, 0.05) is 22.9 Å². The molecule has 1 aromatic heterocycles. The first-order chi connectivity index (χ1) is 12.1. The summed E-state index contributed by atoms with van der Waals surface area (Å²) in [5.41, 5.74) is 2.63. The van der Waals surface area contributed by atoms with Crippen molar-refractivity contribution in [1.82, 2.24) is 4.98 Å². The molecule has 25 heavy (non-hydrogen) atoms. The third kappa shape index (κ3) is 3.88. The van der Waals surface area contributed by atoms with Gasteiger partial charge < -0.3 is 14.8 Å². The van der Waals surface area contributed by atoms with Gasteiger partial charge in [0.25, 0.3) is 0 Å². The molecule has 3 rings (SSSR count). The number of ketones is 1. The number of fused-ring (bicyclic) bond motifs is 1. The average Bonchev–Trinajstić information content (AvgIpc) is 3.03. The van der Waals surface area contributed by atoms with Crippen LogP contribution >= 0.6 is 0 Å². The van der Waals surface area contributed by atoms with E-state index in [0.717, 1.165) is 17.5 Å². The molecule has 0 fully saturated rings. The fourth-order valence-electron chi connectivity index (χ4n) is 2.75. The van der Waals surface area contributed by atoms with Crippen LogP contribution in [-0.2, 0) is 13.0 Å². The normalized spacial score (nSPS) is 11.0. The zero-order valence-electron chi connectivity index (χ0n) is 14.0. The van der Waals surface area contributed by atoms with Crippen molar-refractivity contribution >= 4 is 16.7 Å². The number of carbonyl (C=O) groups excluding carboxylic acids is 1. The van der Waals surface area contributed by atoms with Gasteiger partial charge in [0.15, 0.2) is 5.78 Å². The van der Waals surface area contributed by atoms with Gasteiger partial charge in [-0.1, -0.05) is 13.0 Å². The molecule has 0 spiro atoms. The third-order valence-electron chi connectivity index (χ3n) is 4.00. The molecule has 0 aliphatic rings. The maximum atomic E-state index is 13.3. The van der Waals surface area contributed by atoms with E-state index in [-0.39, 0.29) is 24.6 Å². The second-order valence-corrected chi connectivity index (χ2v) is 5.96. The third-order valence-corrected chi connectivity index (χ3v) is 4.00. The predicted octanol–water partition coefficient (Wildman–Crippen LogP) is 4.01. The van der Waals surface area contributed by atoms with E-state index in [1.165, 1.54) is 12.1 Å². The van der Waals surface area contributed by atoms with E-state index in [1.807, 2.05) is 13.0 Å². The molecule has 0 bridgehead atoms. The van der Waals surface area contributed by atoms with Crippen LogP contribution < -0.4 is 4.74 Å². The van der Waals surface area contributed by atoms with Crippen molar-refractivity contribution in [3.8, 4) is 5.75 Å². The molecule has 2 aromatic carbocycles. The van der Waals surface area contributed by atoms with Crippen molar-refractivity contribution < 1.29 is 19.0 Å². The van der Waals surface area contributed by atoms with Crippen LogP contribution in [0.4, 0.5) is 4.39 Å². The zero-order valence-corrected chi connectivity index (χ0v) is 14.0. The number of ether oxygens (including phenoxy) is 1. The molecule has 1 heterocycles. The molecule has 0 aliphatic carbocycles. The Morgan fingerprint density at radius 3 is 2.80 bits per heavy atom. The molecule has 0 aliphatic heterocycles. The number of Topliss-reactive ketones (excluding diaryl/α,β-unsaturated/α-hetero) is 1. The summed E-state index contributed by atoms with van der Waals surface area (Å²) in [4.78, 5) is 15.5. The number of aliphatic hydroxyl groups is 1. The molecule has 0 saturated carbocycles. The summed E-state index contributed by atoms with van der Waals surface area (Å²) >= 11 is 0. The second-order valence-electron chi connectivity index (χ2n) is 5.96. The van der Waals surface area contributed by atoms with Crippen molar-refractivity contribution in [3.63, 3.8) is 0 Å². The summed E-state index contributed by atoms with van der Waals surface area (Å²) in [6.45, 7) is 2.45. The molecule has 3 aromatic rings. The topological polar surface area (TPSA) is 62.3 Å². The molecule has 0 amide bonds. The Balaban J connectivity index is 1.79. The van der Waals surface area contributed by atoms with Crippen LogP contribution in [0.5, 0.6) is 5.75 Å². The van der Waals surface area contributed by atoms with E-state index in [0.29, 0.717) is 29.0 Å². The number of H-pyrrole nitrogens is 1. The number of aromatic amines is 1. The standard InChI is InChI=1S/C20H20FNO3/c1-2-7-25-20-6-3-13(8-15(20)12-23)9-19(24)18-11-14-10-16(21)4-5-17(14)22-18/h3-6,8,10-11,22-23H,2,7,9,12H2,1H3. The summed E-state index contributed by atoms with van der Waals surface area (Å²) in [6, 6.07) is 11.4. The van der Waals surface area contributed by atoms with E-state index in [4.69, 9.17) is 4.74 Å². The number of aliphatic hydroxyl groups excluding tert-OH is 1. The molecule has 130 valence electrons. The lowest BCUT2D eigenvalue weighted by Crippen LogP contribution is -2.05. The van der Waals surface area contributed by atoms with Crippen LogP contribution in [0.2, 0.25) is 0 Å². The number of halogens is 1. The Bertz CT molecular complexity index is 901. The molecule has 0 saturated heterocycles. The van der Waals surface area contributed by atoms with Crippen LogP contribution in [0, 0.1) is 5.82 Å². The van der Waals surface area contributed by atoms with Gasteiger partial charge in [-0.15, -0.1) is 0 Å². The molecule has 0 unspecified atom stereocenters. The number of hydrogen-bond acceptors (Lipinski definition) is 3. The number of aromatic nitrogens is 1. The lowest BCUT2D eigenvalue weighted by atomic mass is 10.0. The maximum absolute atomic E-state index is 13.3. The van der Waals surface area contributed by atoms with Gasteiger partial charge in [0.05, 0.1) is 18.9 Å². The van der Waals surface area contributed by atoms with Gasteiger partial charge in [0.2, 0.25) is 0 Å². The number of nitrogens with one attached hydrogen (secondary N) is 1. The van der Waals surface area contributed by atoms with Gasteiger partial charge in [-0.3, -0.25) is 4.79 Å². The molecule has 0 atom stereocenters. The monoisotopic (exact) mass is 341 g/mol. The van der Waals surface area contributed by atoms with E-state index in [9.17, 15) is 14.3 Å². The minimum Gasteiger partial charge on any atom is -0.493 e. The highest BCUT2D eigenvalue weighted by Crippen LogP contribution is 2.22. The Morgan fingerprint density at radius 2 is 2.04 bits per heavy atom. The molecule has 5 heteroatoms. The van der Waals surface area contributed by atoms with Crippen molar-refractivity contribution in [2.24, 2.45) is 0 Å². The van der Waals surface area contributed by atoms with Crippen molar-refractivity contribution in [1.29, 1.82) is 0 Å². The van der Waals surface area contributed by atoms with Crippen molar-refractivity contribution in [2.75, 3.05) is 6.61 Å². The van der Waals surface area contributed by atoms with Crippen LogP contribution in [0.3, 0.4) is 0 Å². The van der Waals surface area contributed by atoms with Crippen LogP contribution in [0.25, 0.3) is 10.9 Å². The molecule has 0 radical (unpaired) electrons. The van der Waals surface area contributed by atoms with Crippen LogP contribution in [0.1, 0.15) is 35.0 Å². The zero-order chi connectivity index (χ0) is 17.8. The van der Waals surface area contributed by atoms with Crippen molar-refractivity contribution in [2.45, 2.75) is 26.4 Å². The smallest absolute Gasteiger partial charge is 0.183 e. The summed E-state index contributed by atoms with van der Waals surface area (Å²) in [6.07, 6.45) is 1.07. The minimum absolute atomic E-state index is 0.0947. The Kier molecular flexibility index (Phi) is 5.14. The van der Waals surface area contributed by atoms with Crippen molar-refractivity contribution in [3.05, 3.63) is 65.1 Å². The SMILES string of the molecule is CCCOc1ccc(CC(=O)c2cc3cc(F)ccc3[nH]2)cc1CO. The molecular weight excluding hydrogens is 321 g/mol. The van der Waals surface area contributed by atoms with Crippen LogP contribution in [0.15, 0.2) is 42.5 Å². The highest BCUT2D eigenvalue weighted by molar-refractivity contribution is 6.00. The first kappa shape index (κ1) is 17.2. The van der Waals surface area contributed by atoms with Gasteiger partial charge in [-0.05, 0) is 48.4 Å². The summed E-state index contributed by atoms with van der Waals surface area (Å²) in [7, 11) is 0. The van der Waals surface area contributed by atoms with E-state index < -0.39 is 0 Å². The van der Waals surface area contributed by atoms with Gasteiger partial charge in [-0.25, -0.2) is 4.39 Å². The quantitative estimate of drug-likeness (QED) is 0.638. The number of benzene rings is 2. The fourth-order valence-corrected chi connectivity index (χ4v) is 2.75. The van der Waals surface area contributed by atoms with E-state index in [1.54, 1.807) is 24.3 Å². The van der Waals surface area contributed by atoms with Gasteiger partial charge in [-0.2, -0.15) is 0 Å². The highest BCUT2D eigenvalue weighted by atomic mass is 19.1. The van der Waals surface area contributed by atoms with Gasteiger partial charge >= 0.3 is 0 Å². The minimum atomic E-state index is -0.333. The predicted molar refractivity (Wildman–Crippen MR) is 94.4 cm³/mol. The largest absolute Gasteiger partial charge is 0.493 e. The first-order valence-electron chi connectivity index (χ1n) is 8.27. The molecular formula is C20H20FNO3. The lowest BCUT2D eigenvalue weighted by molar-refractivity contribution is 0.0989. The average molecular weight is 341 g/mol. The maximum Gasteiger partial charge on any atom is 0.183 e. The summed E-state index contributed by atoms with van der Waals surface area (Å²) in [5.74, 6) is 0.213. The summed E-state index contributed by atoms with van der Waals surface area (Å²) < 4.78 is 18.9. The van der Waals surface area contributed by atoms with Gasteiger partial charge in [0.1, 0.15) is 11.6 Å². The fraction of sp³-hybridized carbons (Fsp3) is 0.250. The number of carbonyl (C=O) groups is 1. The number of rotatable bonds is 7. The van der Waals surface area contributed by atoms with E-state index >= 15 is 0 Å². The summed E-state index contributed by atoms with van der Waals surface area (Å²) in [5, 5.41) is 10.2. The highest BCUT2D eigenvalue weighted by Gasteiger charge is 2.13. The molecule has 4 nitrogen and oxygen atoms in total. The van der Waals surface area contributed by atoms with Crippen LogP contribution in [-0.4, -0.2) is 22.5 Å². The Morgan fingerprint density at radius 1 is 1.20 bits per heavy atom. The molecule has 2 N–H and O–H groups in total. The Hall–Kier alpha value is -2.66. The number of hydrogen-bond donors (Lipinski definition) is 2.